The van der Waals surface area contributed by atoms with E-state index in [1.165, 1.54) is 4.90 Å². The largest absolute Gasteiger partial charge is 0.480 e. The van der Waals surface area contributed by atoms with Gasteiger partial charge in [0.05, 0.1) is 0 Å². The fourth-order valence-electron chi connectivity index (χ4n) is 1.62. The number of aliphatic carboxylic acids is 1. The van der Waals surface area contributed by atoms with Crippen molar-refractivity contribution in [3.05, 3.63) is 0 Å². The van der Waals surface area contributed by atoms with Crippen molar-refractivity contribution in [1.29, 1.82) is 0 Å². The van der Waals surface area contributed by atoms with E-state index in [0.29, 0.717) is 13.0 Å². The number of nitrogens with zero attached hydrogens (tertiary/aromatic N) is 1. The van der Waals surface area contributed by atoms with Crippen LogP contribution in [0.1, 0.15) is 12.8 Å². The van der Waals surface area contributed by atoms with Gasteiger partial charge in [-0.3, -0.25) is 4.79 Å². The summed E-state index contributed by atoms with van der Waals surface area (Å²) in [6.45, 7) is -0.351. The van der Waals surface area contributed by atoms with Crippen LogP contribution in [0.25, 0.3) is 0 Å². The number of nitrogens with two attached hydrogens (primary N) is 1. The number of carbonyl (C=O) groups excluding carboxylic acids is 1. The van der Waals surface area contributed by atoms with Crippen LogP contribution in [0.3, 0.4) is 0 Å². The first-order chi connectivity index (χ1) is 6.56. The highest BCUT2D eigenvalue weighted by Gasteiger charge is 2.34. The molecule has 0 aliphatic carbocycles. The molecule has 0 saturated carbocycles. The highest BCUT2D eigenvalue weighted by molar-refractivity contribution is 5.84. The molecule has 1 aliphatic rings. The van der Waals surface area contributed by atoms with Crippen molar-refractivity contribution in [3.8, 4) is 0 Å². The van der Waals surface area contributed by atoms with Crippen molar-refractivity contribution in [1.82, 2.24) is 4.90 Å². The topological polar surface area (TPSA) is 104 Å². The van der Waals surface area contributed by atoms with Gasteiger partial charge >= 0.3 is 5.97 Å². The molecule has 0 spiro atoms. The molecule has 2 atom stereocenters. The van der Waals surface area contributed by atoms with Crippen LogP contribution in [0, 0.1) is 0 Å². The molecule has 0 aromatic rings. The van der Waals surface area contributed by atoms with E-state index in [1.54, 1.807) is 0 Å². The van der Waals surface area contributed by atoms with Crippen LogP contribution in [-0.4, -0.2) is 52.2 Å². The van der Waals surface area contributed by atoms with Gasteiger partial charge in [0.25, 0.3) is 0 Å². The molecule has 0 bridgehead atoms. The maximum atomic E-state index is 11.2. The minimum atomic E-state index is -1.07. The fourth-order valence-corrected chi connectivity index (χ4v) is 1.62. The Balaban J connectivity index is 2.72. The van der Waals surface area contributed by atoms with Crippen molar-refractivity contribution in [3.63, 3.8) is 0 Å². The number of aliphatic hydroxyl groups is 1. The van der Waals surface area contributed by atoms with E-state index in [-0.39, 0.29) is 12.5 Å². The summed E-state index contributed by atoms with van der Waals surface area (Å²) in [5.74, 6) is -1.62. The van der Waals surface area contributed by atoms with Gasteiger partial charge in [-0.2, -0.15) is 0 Å². The standard InChI is InChI=1S/C8H14N2O4/c9-5-1-2-10(7(12)4-11)6(3-5)8(13)14/h5-6,11H,1-4,9H2,(H,13,14). The third kappa shape index (κ3) is 2.21. The molecule has 6 heteroatoms. The lowest BCUT2D eigenvalue weighted by molar-refractivity contribution is -0.153. The van der Waals surface area contributed by atoms with E-state index in [4.69, 9.17) is 15.9 Å². The Morgan fingerprint density at radius 2 is 2.14 bits per heavy atom. The minimum absolute atomic E-state index is 0.182. The van der Waals surface area contributed by atoms with Crippen LogP contribution < -0.4 is 5.73 Å². The number of carboxylic acids is 1. The predicted molar refractivity (Wildman–Crippen MR) is 47.4 cm³/mol. The second kappa shape index (κ2) is 4.39. The summed E-state index contributed by atoms with van der Waals surface area (Å²) in [5.41, 5.74) is 5.60. The summed E-state index contributed by atoms with van der Waals surface area (Å²) in [7, 11) is 0. The number of carboxylic acid groups (broad SMARTS) is 1. The lowest BCUT2D eigenvalue weighted by Gasteiger charge is -2.35. The minimum Gasteiger partial charge on any atom is -0.480 e. The van der Waals surface area contributed by atoms with Gasteiger partial charge in [0.2, 0.25) is 5.91 Å². The third-order valence-electron chi connectivity index (χ3n) is 2.38. The molecular formula is C8H14N2O4. The zero-order valence-electron chi connectivity index (χ0n) is 7.72. The Labute approximate surface area is 81.3 Å². The van der Waals surface area contributed by atoms with Crippen LogP contribution in [0.2, 0.25) is 0 Å². The van der Waals surface area contributed by atoms with E-state index in [2.05, 4.69) is 0 Å². The number of likely N-dealkylation sites (tertiary alicyclic amines) is 1. The molecule has 80 valence electrons. The maximum Gasteiger partial charge on any atom is 0.326 e. The molecule has 1 saturated heterocycles. The number of rotatable bonds is 2. The van der Waals surface area contributed by atoms with Crippen molar-refractivity contribution in [2.45, 2.75) is 24.9 Å². The molecule has 0 aromatic heterocycles. The van der Waals surface area contributed by atoms with Crippen molar-refractivity contribution < 1.29 is 19.8 Å². The summed E-state index contributed by atoms with van der Waals surface area (Å²) in [6, 6.07) is -1.07. The van der Waals surface area contributed by atoms with E-state index < -0.39 is 24.5 Å². The number of piperidine rings is 1. The summed E-state index contributed by atoms with van der Waals surface area (Å²) < 4.78 is 0. The number of hydrogen-bond acceptors (Lipinski definition) is 4. The molecule has 0 aromatic carbocycles. The number of carbonyl (C=O) groups is 2. The molecular weight excluding hydrogens is 188 g/mol. The van der Waals surface area contributed by atoms with E-state index in [1.807, 2.05) is 0 Å². The molecule has 1 fully saturated rings. The van der Waals surface area contributed by atoms with Crippen molar-refractivity contribution in [2.24, 2.45) is 5.73 Å². The predicted octanol–water partition coefficient (Wildman–Crippen LogP) is -1.62. The number of aliphatic hydroxyl groups excluding tert-OH is 1. The Kier molecular flexibility index (Phi) is 3.43. The van der Waals surface area contributed by atoms with Gasteiger partial charge in [0.1, 0.15) is 12.6 Å². The van der Waals surface area contributed by atoms with Gasteiger partial charge in [-0.1, -0.05) is 0 Å². The lowest BCUT2D eigenvalue weighted by atomic mass is 9.98. The highest BCUT2D eigenvalue weighted by atomic mass is 16.4. The zero-order chi connectivity index (χ0) is 10.7. The fraction of sp³-hybridized carbons (Fsp3) is 0.750. The van der Waals surface area contributed by atoms with Crippen LogP contribution in [0.5, 0.6) is 0 Å². The lowest BCUT2D eigenvalue weighted by Crippen LogP contribution is -2.53. The van der Waals surface area contributed by atoms with Crippen molar-refractivity contribution in [2.75, 3.05) is 13.2 Å². The molecule has 6 nitrogen and oxygen atoms in total. The van der Waals surface area contributed by atoms with E-state index in [0.717, 1.165) is 0 Å². The Morgan fingerprint density at radius 1 is 1.50 bits per heavy atom. The van der Waals surface area contributed by atoms with Crippen molar-refractivity contribution >= 4 is 11.9 Å². The van der Waals surface area contributed by atoms with E-state index >= 15 is 0 Å². The van der Waals surface area contributed by atoms with Gasteiger partial charge < -0.3 is 20.8 Å². The molecule has 4 N–H and O–H groups in total. The molecule has 0 radical (unpaired) electrons. The average molecular weight is 202 g/mol. The Morgan fingerprint density at radius 3 is 2.64 bits per heavy atom. The Hall–Kier alpha value is -1.14. The third-order valence-corrected chi connectivity index (χ3v) is 2.38. The van der Waals surface area contributed by atoms with Crippen LogP contribution in [-0.2, 0) is 9.59 Å². The SMILES string of the molecule is NC1CCN(C(=O)CO)C(C(=O)O)C1. The van der Waals surface area contributed by atoms with Crippen LogP contribution in [0.15, 0.2) is 0 Å². The highest BCUT2D eigenvalue weighted by Crippen LogP contribution is 2.16. The van der Waals surface area contributed by atoms with Gasteiger partial charge in [-0.25, -0.2) is 4.79 Å². The zero-order valence-corrected chi connectivity index (χ0v) is 7.72. The summed E-state index contributed by atoms with van der Waals surface area (Å²) >= 11 is 0. The summed E-state index contributed by atoms with van der Waals surface area (Å²) in [6.07, 6.45) is 0.830. The van der Waals surface area contributed by atoms with Gasteiger partial charge in [-0.15, -0.1) is 0 Å². The molecule has 1 heterocycles. The molecule has 14 heavy (non-hydrogen) atoms. The van der Waals surface area contributed by atoms with Gasteiger partial charge in [0, 0.05) is 12.6 Å². The average Bonchev–Trinajstić information content (AvgIpc) is 2.16. The second-order valence-corrected chi connectivity index (χ2v) is 3.38. The molecule has 1 amide bonds. The summed E-state index contributed by atoms with van der Waals surface area (Å²) in [4.78, 5) is 23.1. The first kappa shape index (κ1) is 10.9. The van der Waals surface area contributed by atoms with Crippen LogP contribution >= 0.6 is 0 Å². The van der Waals surface area contributed by atoms with Gasteiger partial charge in [-0.05, 0) is 12.8 Å². The summed E-state index contributed by atoms with van der Waals surface area (Å²) in [5, 5.41) is 17.5. The smallest absolute Gasteiger partial charge is 0.326 e. The first-order valence-electron chi connectivity index (χ1n) is 4.45. The molecule has 2 unspecified atom stereocenters. The second-order valence-electron chi connectivity index (χ2n) is 3.38. The normalized spacial score (nSPS) is 27.4. The van der Waals surface area contributed by atoms with Crippen LogP contribution in [0.4, 0.5) is 0 Å². The first-order valence-corrected chi connectivity index (χ1v) is 4.45. The number of amides is 1. The molecule has 1 rings (SSSR count). The Bertz CT molecular complexity index is 243. The monoisotopic (exact) mass is 202 g/mol. The maximum absolute atomic E-state index is 11.2. The van der Waals surface area contributed by atoms with E-state index in [9.17, 15) is 9.59 Å². The quantitative estimate of drug-likeness (QED) is 0.499. The van der Waals surface area contributed by atoms with Gasteiger partial charge in [0.15, 0.2) is 0 Å². The molecule has 1 aliphatic heterocycles. The number of hydrogen-bond donors (Lipinski definition) is 3.